The Bertz CT molecular complexity index is 528. The first-order valence-corrected chi connectivity index (χ1v) is 13.6. The Kier molecular flexibility index (Phi) is 18.8. The molecule has 3 heteroatoms. The van der Waals surface area contributed by atoms with Crippen LogP contribution in [-0.2, 0) is 11.2 Å². The molecule has 0 radical (unpaired) electrons. The smallest absolute Gasteiger partial charge is 0.221 e. The summed E-state index contributed by atoms with van der Waals surface area (Å²) in [6.07, 6.45) is 25.1. The van der Waals surface area contributed by atoms with Crippen molar-refractivity contribution in [2.24, 2.45) is 0 Å². The largest absolute Gasteiger partial charge is 0.385 e. The number of nitrogens with one attached hydrogen (secondary N) is 1. The molecular weight excluding hydrogens is 402 g/mol. The van der Waals surface area contributed by atoms with Crippen LogP contribution in [0.15, 0.2) is 24.3 Å². The van der Waals surface area contributed by atoms with Crippen molar-refractivity contribution < 1.29 is 4.79 Å². The molecule has 0 bridgehead atoms. The van der Waals surface area contributed by atoms with Gasteiger partial charge in [0.25, 0.3) is 0 Å². The van der Waals surface area contributed by atoms with Crippen LogP contribution in [0, 0.1) is 0 Å². The Morgan fingerprint density at radius 1 is 0.677 bits per heavy atom. The summed E-state index contributed by atoms with van der Waals surface area (Å²) in [5.74, 6) is 0. The van der Waals surface area contributed by atoms with Gasteiger partial charge >= 0.3 is 0 Å². The van der Waals surface area contributed by atoms with Crippen molar-refractivity contribution in [2.75, 3.05) is 11.9 Å². The third-order valence-corrected chi connectivity index (χ3v) is 6.36. The second kappa shape index (κ2) is 20.9. The number of carbonyl (C=O) groups excluding carboxylic acids is 1. The molecule has 0 atom stereocenters. The zero-order valence-corrected chi connectivity index (χ0v) is 21.0. The van der Waals surface area contributed by atoms with E-state index >= 15 is 0 Å². The molecular formula is C28H48ClNO. The summed E-state index contributed by atoms with van der Waals surface area (Å²) >= 11 is 5.40. The van der Waals surface area contributed by atoms with E-state index in [0.29, 0.717) is 6.42 Å². The molecule has 31 heavy (non-hydrogen) atoms. The first-order valence-electron chi connectivity index (χ1n) is 13.2. The Hall–Kier alpha value is -1.02. The summed E-state index contributed by atoms with van der Waals surface area (Å²) in [6, 6.07) is 8.36. The minimum atomic E-state index is -0.263. The quantitative estimate of drug-likeness (QED) is 0.141. The number of hydrogen-bond donors (Lipinski definition) is 1. The molecule has 0 fully saturated rings. The molecule has 1 aromatic rings. The molecule has 0 aliphatic rings. The number of unbranched alkanes of at least 4 members (excludes halogenated alkanes) is 16. The van der Waals surface area contributed by atoms with E-state index in [4.69, 9.17) is 11.6 Å². The van der Waals surface area contributed by atoms with Crippen LogP contribution < -0.4 is 5.32 Å². The van der Waals surface area contributed by atoms with Gasteiger partial charge in [0.2, 0.25) is 5.24 Å². The standard InChI is InChI=1S/C28H48ClNO/c1-2-3-4-5-6-7-8-9-10-11-12-13-14-15-16-17-18-25-30-27-22-19-26(20-23-27)21-24-28(29)31/h19-20,22-23,30H,2-18,21,24-25H2,1H3. The summed E-state index contributed by atoms with van der Waals surface area (Å²) in [7, 11) is 0. The van der Waals surface area contributed by atoms with Gasteiger partial charge in [-0.2, -0.15) is 0 Å². The summed E-state index contributed by atoms with van der Waals surface area (Å²) < 4.78 is 0. The van der Waals surface area contributed by atoms with Gasteiger partial charge in [-0.05, 0) is 42.1 Å². The SMILES string of the molecule is CCCCCCCCCCCCCCCCCCCNc1ccc(CCC(=O)Cl)cc1. The molecule has 1 aromatic carbocycles. The van der Waals surface area contributed by atoms with Crippen LogP contribution in [0.5, 0.6) is 0 Å². The van der Waals surface area contributed by atoms with Crippen LogP contribution in [0.3, 0.4) is 0 Å². The lowest BCUT2D eigenvalue weighted by Gasteiger charge is -2.07. The van der Waals surface area contributed by atoms with Crippen LogP contribution in [0.25, 0.3) is 0 Å². The van der Waals surface area contributed by atoms with Crippen molar-refractivity contribution in [1.82, 2.24) is 0 Å². The van der Waals surface area contributed by atoms with Gasteiger partial charge in [-0.25, -0.2) is 0 Å². The number of hydrogen-bond acceptors (Lipinski definition) is 2. The van der Waals surface area contributed by atoms with Crippen molar-refractivity contribution in [1.29, 1.82) is 0 Å². The van der Waals surface area contributed by atoms with E-state index in [9.17, 15) is 4.79 Å². The zero-order valence-electron chi connectivity index (χ0n) is 20.2. The van der Waals surface area contributed by atoms with Crippen LogP contribution >= 0.6 is 11.6 Å². The highest BCUT2D eigenvalue weighted by Gasteiger charge is 1.99. The van der Waals surface area contributed by atoms with E-state index in [0.717, 1.165) is 24.2 Å². The molecule has 178 valence electrons. The number of carbonyl (C=O) groups is 1. The lowest BCUT2D eigenvalue weighted by atomic mass is 10.0. The van der Waals surface area contributed by atoms with E-state index in [1.165, 1.54) is 109 Å². The van der Waals surface area contributed by atoms with Crippen LogP contribution in [-0.4, -0.2) is 11.8 Å². The number of anilines is 1. The van der Waals surface area contributed by atoms with E-state index in [-0.39, 0.29) is 5.24 Å². The molecule has 0 spiro atoms. The highest BCUT2D eigenvalue weighted by atomic mass is 35.5. The molecule has 0 aromatic heterocycles. The van der Waals surface area contributed by atoms with Crippen LogP contribution in [0.4, 0.5) is 5.69 Å². The van der Waals surface area contributed by atoms with Gasteiger partial charge in [-0.15, -0.1) is 0 Å². The fraction of sp³-hybridized carbons (Fsp3) is 0.750. The number of rotatable bonds is 22. The molecule has 0 heterocycles. The minimum absolute atomic E-state index is 0.263. The number of benzene rings is 1. The average Bonchev–Trinajstić information content (AvgIpc) is 2.77. The lowest BCUT2D eigenvalue weighted by Crippen LogP contribution is -2.01. The highest BCUT2D eigenvalue weighted by Crippen LogP contribution is 2.15. The van der Waals surface area contributed by atoms with Gasteiger partial charge in [0, 0.05) is 18.7 Å². The Labute approximate surface area is 197 Å². The van der Waals surface area contributed by atoms with Crippen molar-refractivity contribution in [3.63, 3.8) is 0 Å². The Morgan fingerprint density at radius 3 is 1.52 bits per heavy atom. The van der Waals surface area contributed by atoms with Crippen molar-refractivity contribution in [3.05, 3.63) is 29.8 Å². The van der Waals surface area contributed by atoms with Gasteiger partial charge in [0.15, 0.2) is 0 Å². The predicted octanol–water partition coefficient (Wildman–Crippen LogP) is 9.45. The maximum atomic E-state index is 10.8. The van der Waals surface area contributed by atoms with E-state index in [1.807, 2.05) is 0 Å². The molecule has 0 saturated carbocycles. The van der Waals surface area contributed by atoms with Crippen molar-refractivity contribution >= 4 is 22.5 Å². The summed E-state index contributed by atoms with van der Waals surface area (Å²) in [5.41, 5.74) is 2.33. The first-order chi connectivity index (χ1) is 15.2. The average molecular weight is 450 g/mol. The molecule has 2 nitrogen and oxygen atoms in total. The molecule has 0 unspecified atom stereocenters. The van der Waals surface area contributed by atoms with Gasteiger partial charge in [0.05, 0.1) is 0 Å². The van der Waals surface area contributed by atoms with Gasteiger partial charge < -0.3 is 5.32 Å². The molecule has 0 aliphatic carbocycles. The minimum Gasteiger partial charge on any atom is -0.385 e. The van der Waals surface area contributed by atoms with Gasteiger partial charge in [0.1, 0.15) is 0 Å². The second-order valence-electron chi connectivity index (χ2n) is 9.14. The van der Waals surface area contributed by atoms with E-state index in [1.54, 1.807) is 0 Å². The fourth-order valence-electron chi connectivity index (χ4n) is 4.11. The van der Waals surface area contributed by atoms with E-state index < -0.39 is 0 Å². The summed E-state index contributed by atoms with van der Waals surface area (Å²) in [4.78, 5) is 10.8. The van der Waals surface area contributed by atoms with Crippen LogP contribution in [0.2, 0.25) is 0 Å². The number of aryl methyl sites for hydroxylation is 1. The third kappa shape index (κ3) is 18.3. The first kappa shape index (κ1) is 28.0. The maximum Gasteiger partial charge on any atom is 0.221 e. The maximum absolute atomic E-state index is 10.8. The van der Waals surface area contributed by atoms with E-state index in [2.05, 4.69) is 36.5 Å². The second-order valence-corrected chi connectivity index (χ2v) is 9.56. The van der Waals surface area contributed by atoms with Gasteiger partial charge in [-0.1, -0.05) is 122 Å². The van der Waals surface area contributed by atoms with Crippen LogP contribution in [0.1, 0.15) is 128 Å². The lowest BCUT2D eigenvalue weighted by molar-refractivity contribution is -0.111. The normalized spacial score (nSPS) is 11.0. The summed E-state index contributed by atoms with van der Waals surface area (Å²) in [5, 5.41) is 3.23. The molecule has 1 rings (SSSR count). The predicted molar refractivity (Wildman–Crippen MR) is 138 cm³/mol. The number of halogens is 1. The Balaban J connectivity index is 1.80. The van der Waals surface area contributed by atoms with Gasteiger partial charge in [-0.3, -0.25) is 4.79 Å². The van der Waals surface area contributed by atoms with Crippen molar-refractivity contribution in [3.8, 4) is 0 Å². The molecule has 1 N–H and O–H groups in total. The molecule has 0 aliphatic heterocycles. The summed E-state index contributed by atoms with van der Waals surface area (Å²) in [6.45, 7) is 3.33. The molecule has 0 saturated heterocycles. The topological polar surface area (TPSA) is 29.1 Å². The highest BCUT2D eigenvalue weighted by molar-refractivity contribution is 6.63. The fourth-order valence-corrected chi connectivity index (χ4v) is 4.21. The Morgan fingerprint density at radius 2 is 1.10 bits per heavy atom. The van der Waals surface area contributed by atoms with Crippen molar-refractivity contribution in [2.45, 2.75) is 129 Å². The molecule has 0 amide bonds. The monoisotopic (exact) mass is 449 g/mol. The zero-order chi connectivity index (χ0) is 22.4. The third-order valence-electron chi connectivity index (χ3n) is 6.17.